The Kier molecular flexibility index (Phi) is 3.65. The number of nitrogens with zero attached hydrogens (tertiary/aromatic N) is 4. The van der Waals surface area contributed by atoms with Gasteiger partial charge in [0.2, 0.25) is 11.8 Å². The van der Waals surface area contributed by atoms with E-state index in [4.69, 9.17) is 4.42 Å². The van der Waals surface area contributed by atoms with Crippen LogP contribution in [0.5, 0.6) is 0 Å². The average Bonchev–Trinajstić information content (AvgIpc) is 3.22. The van der Waals surface area contributed by atoms with Crippen molar-refractivity contribution in [2.75, 3.05) is 26.2 Å². The summed E-state index contributed by atoms with van der Waals surface area (Å²) in [6, 6.07) is 0. The number of aromatic nitrogens is 2. The van der Waals surface area contributed by atoms with Gasteiger partial charge in [-0.25, -0.2) is 0 Å². The Balaban J connectivity index is 1.57. The third-order valence-corrected chi connectivity index (χ3v) is 3.92. The smallest absolute Gasteiger partial charge is 0.311 e. The van der Waals surface area contributed by atoms with Gasteiger partial charge in [0.15, 0.2) is 0 Å². The minimum atomic E-state index is -0.243. The SMILES string of the molecule is CC(C)c1nnc(C(=O)N2CCN(C(=O)C3CC3)CC2)o1. The fourth-order valence-corrected chi connectivity index (χ4v) is 2.41. The van der Waals surface area contributed by atoms with Gasteiger partial charge in [-0.05, 0) is 12.8 Å². The molecule has 21 heavy (non-hydrogen) atoms. The van der Waals surface area contributed by atoms with Crippen molar-refractivity contribution >= 4 is 11.8 Å². The monoisotopic (exact) mass is 292 g/mol. The molecule has 1 aliphatic heterocycles. The first-order valence-electron chi connectivity index (χ1n) is 7.47. The topological polar surface area (TPSA) is 79.5 Å². The standard InChI is InChI=1S/C14H20N4O3/c1-9(2)11-15-16-12(21-11)14(20)18-7-5-17(6-8-18)13(19)10-3-4-10/h9-10H,3-8H2,1-2H3. The van der Waals surface area contributed by atoms with E-state index in [2.05, 4.69) is 10.2 Å². The van der Waals surface area contributed by atoms with Gasteiger partial charge in [0.1, 0.15) is 0 Å². The third kappa shape index (κ3) is 2.91. The molecule has 7 nitrogen and oxygen atoms in total. The van der Waals surface area contributed by atoms with E-state index in [-0.39, 0.29) is 29.5 Å². The van der Waals surface area contributed by atoms with E-state index in [1.807, 2.05) is 18.7 Å². The molecule has 2 heterocycles. The van der Waals surface area contributed by atoms with E-state index in [0.29, 0.717) is 32.1 Å². The van der Waals surface area contributed by atoms with Crippen molar-refractivity contribution in [1.82, 2.24) is 20.0 Å². The Morgan fingerprint density at radius 3 is 2.24 bits per heavy atom. The minimum Gasteiger partial charge on any atom is -0.417 e. The molecule has 0 spiro atoms. The quantitative estimate of drug-likeness (QED) is 0.826. The highest BCUT2D eigenvalue weighted by Gasteiger charge is 2.35. The van der Waals surface area contributed by atoms with Crippen molar-refractivity contribution in [2.45, 2.75) is 32.6 Å². The highest BCUT2D eigenvalue weighted by molar-refractivity contribution is 5.89. The first-order valence-corrected chi connectivity index (χ1v) is 7.47. The van der Waals surface area contributed by atoms with Gasteiger partial charge < -0.3 is 14.2 Å². The average molecular weight is 292 g/mol. The van der Waals surface area contributed by atoms with Crippen LogP contribution in [0.2, 0.25) is 0 Å². The molecule has 114 valence electrons. The number of carbonyl (C=O) groups excluding carboxylic acids is 2. The molecule has 0 N–H and O–H groups in total. The number of carbonyl (C=O) groups is 2. The van der Waals surface area contributed by atoms with E-state index in [9.17, 15) is 9.59 Å². The molecular formula is C14H20N4O3. The molecular weight excluding hydrogens is 272 g/mol. The second-order valence-electron chi connectivity index (χ2n) is 5.99. The van der Waals surface area contributed by atoms with Gasteiger partial charge in [0.05, 0.1) is 0 Å². The van der Waals surface area contributed by atoms with Crippen LogP contribution >= 0.6 is 0 Å². The van der Waals surface area contributed by atoms with Gasteiger partial charge >= 0.3 is 11.8 Å². The zero-order valence-corrected chi connectivity index (χ0v) is 12.4. The molecule has 0 atom stereocenters. The van der Waals surface area contributed by atoms with E-state index in [1.165, 1.54) is 0 Å². The number of hydrogen-bond donors (Lipinski definition) is 0. The largest absolute Gasteiger partial charge is 0.417 e. The van der Waals surface area contributed by atoms with Gasteiger partial charge in [0.25, 0.3) is 0 Å². The number of rotatable bonds is 3. The van der Waals surface area contributed by atoms with Crippen LogP contribution in [0.25, 0.3) is 0 Å². The fourth-order valence-electron chi connectivity index (χ4n) is 2.41. The van der Waals surface area contributed by atoms with Gasteiger partial charge in [-0.15, -0.1) is 10.2 Å². The summed E-state index contributed by atoms with van der Waals surface area (Å²) in [6.07, 6.45) is 2.02. The summed E-state index contributed by atoms with van der Waals surface area (Å²) < 4.78 is 5.39. The summed E-state index contributed by atoms with van der Waals surface area (Å²) in [5, 5.41) is 7.69. The molecule has 2 fully saturated rings. The Hall–Kier alpha value is -1.92. The normalized spacial score (nSPS) is 19.2. The molecule has 0 radical (unpaired) electrons. The molecule has 2 amide bonds. The highest BCUT2D eigenvalue weighted by Crippen LogP contribution is 2.31. The lowest BCUT2D eigenvalue weighted by Gasteiger charge is -2.34. The second-order valence-corrected chi connectivity index (χ2v) is 5.99. The van der Waals surface area contributed by atoms with Crippen LogP contribution in [0.4, 0.5) is 0 Å². The molecule has 1 saturated carbocycles. The van der Waals surface area contributed by atoms with Gasteiger partial charge in [-0.3, -0.25) is 9.59 Å². The maximum atomic E-state index is 12.3. The van der Waals surface area contributed by atoms with Crippen LogP contribution in [-0.4, -0.2) is 58.0 Å². The summed E-state index contributed by atoms with van der Waals surface area (Å²) in [6.45, 7) is 6.10. The first kappa shape index (κ1) is 14.0. The molecule has 2 aliphatic rings. The van der Waals surface area contributed by atoms with Crippen LogP contribution < -0.4 is 0 Å². The van der Waals surface area contributed by atoms with Crippen LogP contribution in [0.3, 0.4) is 0 Å². The number of amides is 2. The van der Waals surface area contributed by atoms with E-state index >= 15 is 0 Å². The van der Waals surface area contributed by atoms with Crippen LogP contribution in [0, 0.1) is 5.92 Å². The summed E-state index contributed by atoms with van der Waals surface area (Å²) in [4.78, 5) is 27.8. The summed E-state index contributed by atoms with van der Waals surface area (Å²) in [7, 11) is 0. The lowest BCUT2D eigenvalue weighted by molar-refractivity contribution is -0.134. The Morgan fingerprint density at radius 1 is 1.10 bits per heavy atom. The van der Waals surface area contributed by atoms with Crippen molar-refractivity contribution in [3.63, 3.8) is 0 Å². The predicted molar refractivity (Wildman–Crippen MR) is 73.6 cm³/mol. The fraction of sp³-hybridized carbons (Fsp3) is 0.714. The van der Waals surface area contributed by atoms with Crippen LogP contribution in [0.15, 0.2) is 4.42 Å². The van der Waals surface area contributed by atoms with Gasteiger partial charge in [-0.2, -0.15) is 0 Å². The predicted octanol–water partition coefficient (Wildman–Crippen LogP) is 0.887. The van der Waals surface area contributed by atoms with Crippen LogP contribution in [-0.2, 0) is 4.79 Å². The summed E-state index contributed by atoms with van der Waals surface area (Å²) in [5.41, 5.74) is 0. The summed E-state index contributed by atoms with van der Waals surface area (Å²) >= 11 is 0. The van der Waals surface area contributed by atoms with Crippen LogP contribution in [0.1, 0.15) is 49.2 Å². The molecule has 0 unspecified atom stereocenters. The zero-order valence-electron chi connectivity index (χ0n) is 12.4. The third-order valence-electron chi connectivity index (χ3n) is 3.92. The minimum absolute atomic E-state index is 0.0423. The first-order chi connectivity index (χ1) is 10.1. The lowest BCUT2D eigenvalue weighted by atomic mass is 10.2. The van der Waals surface area contributed by atoms with E-state index < -0.39 is 0 Å². The maximum Gasteiger partial charge on any atom is 0.311 e. The van der Waals surface area contributed by atoms with Crippen molar-refractivity contribution < 1.29 is 14.0 Å². The summed E-state index contributed by atoms with van der Waals surface area (Å²) in [5.74, 6) is 0.848. The molecule has 7 heteroatoms. The van der Waals surface area contributed by atoms with E-state index in [0.717, 1.165) is 12.8 Å². The van der Waals surface area contributed by atoms with Gasteiger partial charge in [-0.1, -0.05) is 13.8 Å². The molecule has 3 rings (SSSR count). The molecule has 0 bridgehead atoms. The maximum absolute atomic E-state index is 12.3. The molecule has 1 saturated heterocycles. The Labute approximate surface area is 123 Å². The van der Waals surface area contributed by atoms with Crippen molar-refractivity contribution in [3.8, 4) is 0 Å². The van der Waals surface area contributed by atoms with Crippen molar-refractivity contribution in [1.29, 1.82) is 0 Å². The highest BCUT2D eigenvalue weighted by atomic mass is 16.4. The Bertz CT molecular complexity index is 542. The van der Waals surface area contributed by atoms with E-state index in [1.54, 1.807) is 4.90 Å². The second kappa shape index (κ2) is 5.46. The molecule has 0 aromatic carbocycles. The number of piperazine rings is 1. The lowest BCUT2D eigenvalue weighted by Crippen LogP contribution is -2.51. The zero-order chi connectivity index (χ0) is 15.0. The number of hydrogen-bond acceptors (Lipinski definition) is 5. The van der Waals surface area contributed by atoms with Gasteiger partial charge in [0, 0.05) is 38.0 Å². The van der Waals surface area contributed by atoms with Crippen molar-refractivity contribution in [3.05, 3.63) is 11.8 Å². The molecule has 1 aliphatic carbocycles. The molecule has 1 aromatic rings. The molecule has 1 aromatic heterocycles. The van der Waals surface area contributed by atoms with Crippen molar-refractivity contribution in [2.24, 2.45) is 5.92 Å². The Morgan fingerprint density at radius 2 is 1.71 bits per heavy atom.